The second kappa shape index (κ2) is 7.12. The fraction of sp³-hybridized carbons (Fsp3) is 0.300. The van der Waals surface area contributed by atoms with Crippen LogP contribution in [-0.4, -0.2) is 17.7 Å². The van der Waals surface area contributed by atoms with Gasteiger partial charge in [-0.25, -0.2) is 0 Å². The second-order valence-corrected chi connectivity index (χ2v) is 6.78. The Kier molecular flexibility index (Phi) is 4.94. The Hall–Kier alpha value is -2.22. The molecule has 3 nitrogen and oxygen atoms in total. The van der Waals surface area contributed by atoms with Gasteiger partial charge in [0.2, 0.25) is 0 Å². The SMILES string of the molecule is Cc1cc(C)n(C[NH+]2CC=C(c3ccccc3)CC2)c(=S)c1C#N. The number of quaternary nitrogens is 1. The first kappa shape index (κ1) is 16.6. The van der Waals surface area contributed by atoms with Crippen LogP contribution < -0.4 is 4.90 Å². The molecule has 0 amide bonds. The van der Waals surface area contributed by atoms with Crippen molar-refractivity contribution in [2.45, 2.75) is 26.9 Å². The molecule has 1 aromatic heterocycles. The Morgan fingerprint density at radius 1 is 1.25 bits per heavy atom. The number of aromatic nitrogens is 1. The molecule has 0 radical (unpaired) electrons. The van der Waals surface area contributed by atoms with Crippen molar-refractivity contribution in [1.29, 1.82) is 5.26 Å². The fourth-order valence-electron chi connectivity index (χ4n) is 3.32. The maximum atomic E-state index is 9.33. The molecule has 0 fully saturated rings. The third-order valence-electron chi connectivity index (χ3n) is 4.73. The molecule has 3 rings (SSSR count). The van der Waals surface area contributed by atoms with Crippen LogP contribution in [0.1, 0.15) is 28.8 Å². The normalized spacial score (nSPS) is 17.2. The first-order valence-electron chi connectivity index (χ1n) is 8.29. The lowest BCUT2D eigenvalue weighted by atomic mass is 10.00. The van der Waals surface area contributed by atoms with Crippen LogP contribution >= 0.6 is 12.2 Å². The van der Waals surface area contributed by atoms with Gasteiger partial charge in [0.25, 0.3) is 0 Å². The van der Waals surface area contributed by atoms with E-state index in [2.05, 4.69) is 60.0 Å². The van der Waals surface area contributed by atoms with E-state index in [0.717, 1.165) is 37.4 Å². The lowest BCUT2D eigenvalue weighted by Crippen LogP contribution is -3.11. The van der Waals surface area contributed by atoms with Crippen molar-refractivity contribution in [3.63, 3.8) is 0 Å². The summed E-state index contributed by atoms with van der Waals surface area (Å²) >= 11 is 5.55. The minimum atomic E-state index is 0.632. The van der Waals surface area contributed by atoms with Gasteiger partial charge in [-0.05, 0) is 42.7 Å². The average molecular weight is 336 g/mol. The predicted molar refractivity (Wildman–Crippen MR) is 99.2 cm³/mol. The maximum absolute atomic E-state index is 9.33. The monoisotopic (exact) mass is 336 g/mol. The highest BCUT2D eigenvalue weighted by molar-refractivity contribution is 7.71. The van der Waals surface area contributed by atoms with E-state index >= 15 is 0 Å². The molecule has 2 aromatic rings. The van der Waals surface area contributed by atoms with E-state index in [0.29, 0.717) is 10.2 Å². The molecule has 24 heavy (non-hydrogen) atoms. The van der Waals surface area contributed by atoms with Crippen molar-refractivity contribution in [3.05, 3.63) is 69.5 Å². The molecule has 2 heterocycles. The molecule has 1 aliphatic heterocycles. The molecule has 1 atom stereocenters. The molecule has 122 valence electrons. The summed E-state index contributed by atoms with van der Waals surface area (Å²) in [6, 6.07) is 14.9. The summed E-state index contributed by atoms with van der Waals surface area (Å²) in [6.45, 7) is 6.91. The first-order chi connectivity index (χ1) is 11.6. The van der Waals surface area contributed by atoms with Gasteiger partial charge < -0.3 is 4.90 Å². The van der Waals surface area contributed by atoms with E-state index < -0.39 is 0 Å². The van der Waals surface area contributed by atoms with Gasteiger partial charge in [0.15, 0.2) is 6.67 Å². The summed E-state index contributed by atoms with van der Waals surface area (Å²) in [5.41, 5.74) is 5.48. The lowest BCUT2D eigenvalue weighted by molar-refractivity contribution is -0.918. The Labute approximate surface area is 148 Å². The Bertz CT molecular complexity index is 872. The molecule has 0 spiro atoms. The number of hydrogen-bond donors (Lipinski definition) is 1. The van der Waals surface area contributed by atoms with Crippen LogP contribution in [0, 0.1) is 29.8 Å². The fourth-order valence-corrected chi connectivity index (χ4v) is 3.74. The van der Waals surface area contributed by atoms with Crippen LogP contribution in [0.2, 0.25) is 0 Å². The zero-order valence-corrected chi connectivity index (χ0v) is 15.0. The highest BCUT2D eigenvalue weighted by atomic mass is 32.1. The van der Waals surface area contributed by atoms with Gasteiger partial charge in [-0.1, -0.05) is 42.5 Å². The van der Waals surface area contributed by atoms with Crippen LogP contribution in [0.5, 0.6) is 0 Å². The van der Waals surface area contributed by atoms with Crippen molar-refractivity contribution < 1.29 is 4.90 Å². The quantitative estimate of drug-likeness (QED) is 0.874. The van der Waals surface area contributed by atoms with Crippen molar-refractivity contribution >= 4 is 17.8 Å². The van der Waals surface area contributed by atoms with Crippen molar-refractivity contribution in [2.75, 3.05) is 13.1 Å². The predicted octanol–water partition coefficient (Wildman–Crippen LogP) is 3.04. The van der Waals surface area contributed by atoms with Gasteiger partial charge in [0.1, 0.15) is 10.7 Å². The van der Waals surface area contributed by atoms with Crippen LogP contribution in [0.3, 0.4) is 0 Å². The molecule has 1 aromatic carbocycles. The molecule has 1 aliphatic rings. The number of nitriles is 1. The molecule has 0 aliphatic carbocycles. The molecule has 0 bridgehead atoms. The molecular formula is C20H22N3S+. The highest BCUT2D eigenvalue weighted by Crippen LogP contribution is 2.18. The van der Waals surface area contributed by atoms with Gasteiger partial charge in [-0.15, -0.1) is 0 Å². The number of nitrogens with zero attached hydrogens (tertiary/aromatic N) is 2. The number of aryl methyl sites for hydroxylation is 2. The third kappa shape index (κ3) is 3.33. The van der Waals surface area contributed by atoms with Gasteiger partial charge in [0, 0.05) is 12.1 Å². The minimum Gasteiger partial charge on any atom is -0.314 e. The summed E-state index contributed by atoms with van der Waals surface area (Å²) in [4.78, 5) is 1.47. The second-order valence-electron chi connectivity index (χ2n) is 6.40. The lowest BCUT2D eigenvalue weighted by Gasteiger charge is -2.26. The molecular weight excluding hydrogens is 314 g/mol. The van der Waals surface area contributed by atoms with Gasteiger partial charge >= 0.3 is 0 Å². The number of pyridine rings is 1. The Balaban J connectivity index is 1.79. The van der Waals surface area contributed by atoms with E-state index in [1.54, 1.807) is 0 Å². The topological polar surface area (TPSA) is 33.2 Å². The Morgan fingerprint density at radius 3 is 2.62 bits per heavy atom. The van der Waals surface area contributed by atoms with Gasteiger partial charge in [0.05, 0.1) is 18.7 Å². The zero-order valence-electron chi connectivity index (χ0n) is 14.2. The maximum Gasteiger partial charge on any atom is 0.157 e. The number of hydrogen-bond acceptors (Lipinski definition) is 2. The number of nitrogens with one attached hydrogen (secondary N) is 1. The summed E-state index contributed by atoms with van der Waals surface area (Å²) in [5, 5.41) is 9.33. The average Bonchev–Trinajstić information content (AvgIpc) is 2.60. The van der Waals surface area contributed by atoms with Crippen molar-refractivity contribution in [1.82, 2.24) is 4.57 Å². The zero-order chi connectivity index (χ0) is 17.1. The van der Waals surface area contributed by atoms with Gasteiger partial charge in [-0.2, -0.15) is 5.26 Å². The smallest absolute Gasteiger partial charge is 0.157 e. The molecule has 1 unspecified atom stereocenters. The van der Waals surface area contributed by atoms with E-state index in [1.165, 1.54) is 16.0 Å². The van der Waals surface area contributed by atoms with E-state index in [-0.39, 0.29) is 0 Å². The number of rotatable bonds is 3. The minimum absolute atomic E-state index is 0.632. The first-order valence-corrected chi connectivity index (χ1v) is 8.70. The summed E-state index contributed by atoms with van der Waals surface area (Å²) in [6.07, 6.45) is 3.41. The van der Waals surface area contributed by atoms with E-state index in [9.17, 15) is 5.26 Å². The largest absolute Gasteiger partial charge is 0.314 e. The van der Waals surface area contributed by atoms with Crippen molar-refractivity contribution in [2.24, 2.45) is 0 Å². The van der Waals surface area contributed by atoms with Gasteiger partial charge in [-0.3, -0.25) is 4.57 Å². The molecule has 4 heteroatoms. The Morgan fingerprint density at radius 2 is 2.00 bits per heavy atom. The van der Waals surface area contributed by atoms with Crippen LogP contribution in [0.4, 0.5) is 0 Å². The summed E-state index contributed by atoms with van der Waals surface area (Å²) < 4.78 is 2.78. The van der Waals surface area contributed by atoms with E-state index in [1.807, 2.05) is 6.92 Å². The standard InChI is InChI=1S/C20H21N3S/c1-15-12-16(2)23(20(24)19(15)13-21)14-22-10-8-18(9-11-22)17-6-4-3-5-7-17/h3-8,12H,9-11,14H2,1-2H3/p+1. The molecule has 0 saturated carbocycles. The third-order valence-corrected chi connectivity index (χ3v) is 5.15. The van der Waals surface area contributed by atoms with E-state index in [4.69, 9.17) is 12.2 Å². The molecule has 1 N–H and O–H groups in total. The number of benzene rings is 1. The van der Waals surface area contributed by atoms with Crippen LogP contribution in [-0.2, 0) is 6.67 Å². The van der Waals surface area contributed by atoms with Crippen molar-refractivity contribution in [3.8, 4) is 6.07 Å². The van der Waals surface area contributed by atoms with Crippen LogP contribution in [0.25, 0.3) is 5.57 Å². The van der Waals surface area contributed by atoms with Crippen LogP contribution in [0.15, 0.2) is 42.5 Å². The molecule has 0 saturated heterocycles. The summed E-state index contributed by atoms with van der Waals surface area (Å²) in [5.74, 6) is 0. The summed E-state index contributed by atoms with van der Waals surface area (Å²) in [7, 11) is 0. The highest BCUT2D eigenvalue weighted by Gasteiger charge is 2.18.